The molecular weight excluding hydrogens is 220 g/mol. The summed E-state index contributed by atoms with van der Waals surface area (Å²) in [5.41, 5.74) is 0.907. The summed E-state index contributed by atoms with van der Waals surface area (Å²) in [5.74, 6) is 5.81. The van der Waals surface area contributed by atoms with E-state index >= 15 is 0 Å². The summed E-state index contributed by atoms with van der Waals surface area (Å²) in [6.45, 7) is 4.17. The number of unbranched alkanes of at least 4 members (excludes halogenated alkanes) is 3. The maximum absolute atomic E-state index is 11.8. The highest BCUT2D eigenvalue weighted by Crippen LogP contribution is 2.11. The average molecular weight is 242 g/mol. The van der Waals surface area contributed by atoms with Crippen LogP contribution in [-0.2, 0) is 4.79 Å². The molecule has 0 aromatic heterocycles. The Morgan fingerprint density at radius 3 is 2.56 bits per heavy atom. The van der Waals surface area contributed by atoms with Gasteiger partial charge in [0.05, 0.1) is 0 Å². The Kier molecular flexibility index (Phi) is 6.87. The van der Waals surface area contributed by atoms with Crippen molar-refractivity contribution >= 4 is 5.78 Å². The Morgan fingerprint density at radius 1 is 1.17 bits per heavy atom. The van der Waals surface area contributed by atoms with Crippen LogP contribution in [0, 0.1) is 17.8 Å². The molecule has 0 aliphatic heterocycles. The van der Waals surface area contributed by atoms with Crippen molar-refractivity contribution in [2.45, 2.75) is 46.0 Å². The van der Waals surface area contributed by atoms with E-state index in [-0.39, 0.29) is 11.7 Å². The molecule has 1 aromatic rings. The largest absolute Gasteiger partial charge is 0.285 e. The molecule has 1 nitrogen and oxygen atoms in total. The number of Topliss-reactive ketones (excluding diaryl/α,β-unsaturated/α-hetero) is 1. The molecule has 0 saturated heterocycles. The molecular formula is C17H22O. The summed E-state index contributed by atoms with van der Waals surface area (Å²) in [6.07, 6.45) is 5.81. The van der Waals surface area contributed by atoms with Gasteiger partial charge in [-0.05, 0) is 24.5 Å². The van der Waals surface area contributed by atoms with Gasteiger partial charge in [-0.2, -0.15) is 0 Å². The van der Waals surface area contributed by atoms with E-state index in [4.69, 9.17) is 0 Å². The smallest absolute Gasteiger partial charge is 0.208 e. The van der Waals surface area contributed by atoms with Crippen LogP contribution in [0.4, 0.5) is 0 Å². The molecule has 0 bridgehead atoms. The van der Waals surface area contributed by atoms with Gasteiger partial charge in [0, 0.05) is 11.5 Å². The predicted molar refractivity (Wildman–Crippen MR) is 76.3 cm³/mol. The fraction of sp³-hybridized carbons (Fsp3) is 0.471. The zero-order valence-corrected chi connectivity index (χ0v) is 11.4. The summed E-state index contributed by atoms with van der Waals surface area (Å²) < 4.78 is 0. The molecule has 0 amide bonds. The number of carbonyl (C=O) groups is 1. The minimum atomic E-state index is 0.0651. The topological polar surface area (TPSA) is 17.1 Å². The quantitative estimate of drug-likeness (QED) is 0.539. The van der Waals surface area contributed by atoms with Gasteiger partial charge in [-0.25, -0.2) is 0 Å². The Bertz CT molecular complexity index is 408. The lowest BCUT2D eigenvalue weighted by Crippen LogP contribution is -2.08. The van der Waals surface area contributed by atoms with Gasteiger partial charge < -0.3 is 0 Å². The maximum atomic E-state index is 11.8. The second-order valence-corrected chi connectivity index (χ2v) is 4.73. The molecule has 1 aromatic carbocycles. The van der Waals surface area contributed by atoms with Gasteiger partial charge >= 0.3 is 0 Å². The molecule has 0 spiro atoms. The minimum absolute atomic E-state index is 0.0651. The van der Waals surface area contributed by atoms with Crippen molar-refractivity contribution in [3.8, 4) is 11.8 Å². The number of rotatable bonds is 6. The summed E-state index contributed by atoms with van der Waals surface area (Å²) in [4.78, 5) is 11.8. The fourth-order valence-corrected chi connectivity index (χ4v) is 1.79. The van der Waals surface area contributed by atoms with Crippen molar-refractivity contribution in [1.29, 1.82) is 0 Å². The molecule has 0 N–H and O–H groups in total. The Morgan fingerprint density at radius 2 is 1.89 bits per heavy atom. The van der Waals surface area contributed by atoms with Crippen LogP contribution in [0.15, 0.2) is 30.3 Å². The summed E-state index contributed by atoms with van der Waals surface area (Å²) in [5, 5.41) is 0. The monoisotopic (exact) mass is 242 g/mol. The molecule has 1 rings (SSSR count). The van der Waals surface area contributed by atoms with Gasteiger partial charge in [0.1, 0.15) is 0 Å². The van der Waals surface area contributed by atoms with Crippen LogP contribution in [0.1, 0.15) is 51.5 Å². The van der Waals surface area contributed by atoms with Gasteiger partial charge in [-0.15, -0.1) is 0 Å². The minimum Gasteiger partial charge on any atom is -0.285 e. The summed E-state index contributed by atoms with van der Waals surface area (Å²) in [7, 11) is 0. The Labute approximate surface area is 111 Å². The van der Waals surface area contributed by atoms with E-state index in [0.717, 1.165) is 18.4 Å². The van der Waals surface area contributed by atoms with E-state index in [2.05, 4.69) is 18.8 Å². The highest BCUT2D eigenvalue weighted by Gasteiger charge is 2.09. The lowest BCUT2D eigenvalue weighted by atomic mass is 9.98. The average Bonchev–Trinajstić information content (AvgIpc) is 2.42. The number of hydrogen-bond donors (Lipinski definition) is 0. The second-order valence-electron chi connectivity index (χ2n) is 4.73. The van der Waals surface area contributed by atoms with E-state index in [1.807, 2.05) is 37.3 Å². The molecule has 0 fully saturated rings. The lowest BCUT2D eigenvalue weighted by Gasteiger charge is -2.05. The molecule has 96 valence electrons. The summed E-state index contributed by atoms with van der Waals surface area (Å²) >= 11 is 0. The first-order valence-corrected chi connectivity index (χ1v) is 6.85. The number of ketones is 1. The molecule has 1 unspecified atom stereocenters. The van der Waals surface area contributed by atoms with Crippen molar-refractivity contribution in [3.63, 3.8) is 0 Å². The molecule has 0 aliphatic carbocycles. The number of carbonyl (C=O) groups excluding carboxylic acids is 1. The molecule has 1 atom stereocenters. The van der Waals surface area contributed by atoms with Crippen molar-refractivity contribution in [2.24, 2.45) is 5.92 Å². The van der Waals surface area contributed by atoms with Gasteiger partial charge in [0.25, 0.3) is 0 Å². The Balaban J connectivity index is 2.38. The van der Waals surface area contributed by atoms with E-state index in [1.165, 1.54) is 19.3 Å². The van der Waals surface area contributed by atoms with Gasteiger partial charge in [-0.1, -0.05) is 63.7 Å². The number of hydrogen-bond acceptors (Lipinski definition) is 1. The third-order valence-electron chi connectivity index (χ3n) is 3.04. The Hall–Kier alpha value is -1.55. The standard InChI is InChI=1S/C17H22O/c1-3-4-5-7-10-15(2)17(18)14-13-16-11-8-6-9-12-16/h6,8-9,11-12,15H,3-5,7,10H2,1-2H3. The fourth-order valence-electron chi connectivity index (χ4n) is 1.79. The van der Waals surface area contributed by atoms with Crippen LogP contribution in [-0.4, -0.2) is 5.78 Å². The molecule has 1 heteroatoms. The van der Waals surface area contributed by atoms with Crippen LogP contribution >= 0.6 is 0 Å². The van der Waals surface area contributed by atoms with E-state index in [0.29, 0.717) is 0 Å². The normalized spacial score (nSPS) is 11.4. The predicted octanol–water partition coefficient (Wildman–Crippen LogP) is 4.21. The first-order valence-electron chi connectivity index (χ1n) is 6.85. The van der Waals surface area contributed by atoms with Crippen LogP contribution in [0.3, 0.4) is 0 Å². The lowest BCUT2D eigenvalue weighted by molar-refractivity contribution is -0.117. The van der Waals surface area contributed by atoms with Crippen molar-refractivity contribution < 1.29 is 4.79 Å². The third-order valence-corrected chi connectivity index (χ3v) is 3.04. The number of benzene rings is 1. The summed E-state index contributed by atoms with van der Waals surface area (Å²) in [6, 6.07) is 9.66. The zero-order chi connectivity index (χ0) is 13.2. The van der Waals surface area contributed by atoms with Crippen molar-refractivity contribution in [2.75, 3.05) is 0 Å². The SMILES string of the molecule is CCCCCCC(C)C(=O)C#Cc1ccccc1. The highest BCUT2D eigenvalue weighted by atomic mass is 16.1. The van der Waals surface area contributed by atoms with Crippen LogP contribution in [0.25, 0.3) is 0 Å². The van der Waals surface area contributed by atoms with E-state index < -0.39 is 0 Å². The van der Waals surface area contributed by atoms with Crippen LogP contribution in [0.5, 0.6) is 0 Å². The van der Waals surface area contributed by atoms with E-state index in [1.54, 1.807) is 0 Å². The first kappa shape index (κ1) is 14.5. The molecule has 0 aliphatic rings. The van der Waals surface area contributed by atoms with Crippen LogP contribution < -0.4 is 0 Å². The maximum Gasteiger partial charge on any atom is 0.208 e. The van der Waals surface area contributed by atoms with Crippen molar-refractivity contribution in [1.82, 2.24) is 0 Å². The third kappa shape index (κ3) is 5.68. The molecule has 0 saturated carbocycles. The van der Waals surface area contributed by atoms with Gasteiger partial charge in [0.2, 0.25) is 5.78 Å². The van der Waals surface area contributed by atoms with Crippen molar-refractivity contribution in [3.05, 3.63) is 35.9 Å². The highest BCUT2D eigenvalue weighted by molar-refractivity contribution is 5.97. The van der Waals surface area contributed by atoms with Gasteiger partial charge in [-0.3, -0.25) is 4.79 Å². The van der Waals surface area contributed by atoms with Crippen LogP contribution in [0.2, 0.25) is 0 Å². The van der Waals surface area contributed by atoms with E-state index in [9.17, 15) is 4.79 Å². The molecule has 18 heavy (non-hydrogen) atoms. The first-order chi connectivity index (χ1) is 8.74. The second kappa shape index (κ2) is 8.53. The molecule has 0 radical (unpaired) electrons. The van der Waals surface area contributed by atoms with Gasteiger partial charge in [0.15, 0.2) is 0 Å². The zero-order valence-electron chi connectivity index (χ0n) is 11.4. The molecule has 0 heterocycles.